The Labute approximate surface area is 199 Å². The van der Waals surface area contributed by atoms with Gasteiger partial charge in [0.15, 0.2) is 0 Å². The van der Waals surface area contributed by atoms with Gasteiger partial charge in [0.1, 0.15) is 12.2 Å². The lowest BCUT2D eigenvalue weighted by molar-refractivity contribution is -0.894. The summed E-state index contributed by atoms with van der Waals surface area (Å²) in [5.74, 6) is 0. The van der Waals surface area contributed by atoms with E-state index in [1.807, 2.05) is 6.92 Å². The zero-order chi connectivity index (χ0) is 23.7. The maximum atomic E-state index is 8.65. The van der Waals surface area contributed by atoms with E-state index in [1.54, 1.807) is 0 Å². The van der Waals surface area contributed by atoms with Crippen molar-refractivity contribution in [3.05, 3.63) is 121 Å². The molecule has 0 unspecified atom stereocenters. The molecule has 2 nitrogen and oxygen atoms in total. The summed E-state index contributed by atoms with van der Waals surface area (Å²) in [6.07, 6.45) is -1.22. The molecule has 1 atom stereocenters. The maximum Gasteiger partial charge on any atom is 0.109 e. The van der Waals surface area contributed by atoms with Gasteiger partial charge in [-0.2, -0.15) is 21.9 Å². The van der Waals surface area contributed by atoms with Gasteiger partial charge in [-0.1, -0.05) is 121 Å². The Morgan fingerprint density at radius 1 is 0.545 bits per heavy atom. The first-order valence-corrected chi connectivity index (χ1v) is 11.7. The minimum Gasteiger partial charge on any atom is -0.390 e. The normalized spacial score (nSPS) is 12.4. The van der Waals surface area contributed by atoms with Crippen molar-refractivity contribution in [2.75, 3.05) is 27.7 Å². The van der Waals surface area contributed by atoms with Crippen LogP contribution in [0.25, 0.3) is 0 Å². The van der Waals surface area contributed by atoms with Crippen LogP contribution in [0.15, 0.2) is 121 Å². The molecule has 0 aliphatic heterocycles. The second-order valence-electron chi connectivity index (χ2n) is 9.66. The second-order valence-corrected chi connectivity index (χ2v) is 9.66. The number of rotatable bonds is 6. The lowest BCUT2D eigenvalue weighted by atomic mass is 9.13. The molecule has 0 radical (unpaired) electrons. The van der Waals surface area contributed by atoms with Crippen LogP contribution in [0.5, 0.6) is 0 Å². The van der Waals surface area contributed by atoms with E-state index >= 15 is 0 Å². The quantitative estimate of drug-likeness (QED) is 0.363. The van der Waals surface area contributed by atoms with Crippen LogP contribution in [0.1, 0.15) is 6.92 Å². The molecule has 0 amide bonds. The molecule has 0 heterocycles. The lowest BCUT2D eigenvalue weighted by Gasteiger charge is -2.44. The largest absolute Gasteiger partial charge is 0.390 e. The highest BCUT2D eigenvalue weighted by molar-refractivity contribution is 7.19. The fourth-order valence-electron chi connectivity index (χ4n) is 4.37. The molecule has 1 N–H and O–H groups in total. The summed E-state index contributed by atoms with van der Waals surface area (Å²) in [5, 5.41) is 8.65. The van der Waals surface area contributed by atoms with Crippen molar-refractivity contribution in [1.29, 1.82) is 0 Å². The molecular weight excluding hydrogens is 401 g/mol. The number of nitrogens with zero attached hydrogens (tertiary/aromatic N) is 1. The van der Waals surface area contributed by atoms with Gasteiger partial charge in [-0.25, -0.2) is 0 Å². The summed E-state index contributed by atoms with van der Waals surface area (Å²) in [4.78, 5) is 0. The van der Waals surface area contributed by atoms with E-state index in [1.165, 1.54) is 21.9 Å². The summed E-state index contributed by atoms with van der Waals surface area (Å²) < 4.78 is 0.830. The van der Waals surface area contributed by atoms with Crippen LogP contribution < -0.4 is 21.9 Å². The van der Waals surface area contributed by atoms with E-state index in [0.717, 1.165) is 4.48 Å². The first-order valence-electron chi connectivity index (χ1n) is 11.7. The number of hydrogen-bond acceptors (Lipinski definition) is 1. The van der Waals surface area contributed by atoms with E-state index in [0.29, 0.717) is 6.04 Å². The van der Waals surface area contributed by atoms with Gasteiger partial charge >= 0.3 is 0 Å². The van der Waals surface area contributed by atoms with Gasteiger partial charge in [0, 0.05) is 0 Å². The summed E-state index contributed by atoms with van der Waals surface area (Å²) >= 11 is 0. The Hall–Kier alpha value is -3.14. The number of likely N-dealkylation sites (N-methyl/N-ethyl adjacent to an activating group) is 1. The van der Waals surface area contributed by atoms with Crippen LogP contribution in [0, 0.1) is 0 Å². The van der Waals surface area contributed by atoms with Gasteiger partial charge < -0.3 is 9.59 Å². The summed E-state index contributed by atoms with van der Waals surface area (Å²) in [6, 6.07) is 43.9. The Kier molecular flexibility index (Phi) is 8.27. The lowest BCUT2D eigenvalue weighted by Crippen LogP contribution is -2.74. The molecule has 4 aromatic carbocycles. The van der Waals surface area contributed by atoms with Gasteiger partial charge in [0.05, 0.1) is 27.7 Å². The highest BCUT2D eigenvalue weighted by Crippen LogP contribution is 2.09. The van der Waals surface area contributed by atoms with Crippen molar-refractivity contribution in [2.24, 2.45) is 0 Å². The fourth-order valence-corrected chi connectivity index (χ4v) is 4.37. The van der Waals surface area contributed by atoms with Crippen LogP contribution in [0.2, 0.25) is 0 Å². The van der Waals surface area contributed by atoms with Gasteiger partial charge in [0.2, 0.25) is 0 Å². The zero-order valence-corrected chi connectivity index (χ0v) is 20.3. The standard InChI is InChI=1S/C24H20B.C6H16NO/c1-5-13-21(14-6-1)25(22-15-7-2-8-16-22,23-17-9-3-10-18-23)24-19-11-4-12-20-24;1-6(5-8)7(2,3)4/h1-20H;6,8H,5H2,1-4H3/q-1;+1/t;6-/m.0/s1. The molecule has 33 heavy (non-hydrogen) atoms. The van der Waals surface area contributed by atoms with Gasteiger partial charge in [-0.05, 0) is 6.92 Å². The SMILES string of the molecule is C[C@@H](CO)[N+](C)(C)C.c1ccc([B-](c2ccccc2)(c2ccccc2)c2ccccc2)cc1. The number of quaternary nitrogens is 1. The first kappa shape index (κ1) is 24.5. The van der Waals surface area contributed by atoms with Crippen LogP contribution >= 0.6 is 0 Å². The highest BCUT2D eigenvalue weighted by Gasteiger charge is 2.31. The van der Waals surface area contributed by atoms with Crippen molar-refractivity contribution in [2.45, 2.75) is 13.0 Å². The predicted molar refractivity (Wildman–Crippen MR) is 145 cm³/mol. The molecule has 0 saturated carbocycles. The Morgan fingerprint density at radius 3 is 0.939 bits per heavy atom. The minimum absolute atomic E-state index is 0.267. The van der Waals surface area contributed by atoms with Crippen LogP contribution in [-0.4, -0.2) is 49.5 Å². The monoisotopic (exact) mass is 437 g/mol. The Morgan fingerprint density at radius 2 is 0.788 bits per heavy atom. The van der Waals surface area contributed by atoms with Crippen molar-refractivity contribution in [3.8, 4) is 0 Å². The molecule has 0 fully saturated rings. The van der Waals surface area contributed by atoms with Crippen molar-refractivity contribution in [1.82, 2.24) is 0 Å². The predicted octanol–water partition coefficient (Wildman–Crippen LogP) is 3.14. The van der Waals surface area contributed by atoms with Crippen LogP contribution in [-0.2, 0) is 0 Å². The van der Waals surface area contributed by atoms with Gasteiger partial charge in [-0.15, -0.1) is 0 Å². The Balaban J connectivity index is 0.000000331. The highest BCUT2D eigenvalue weighted by atomic mass is 16.3. The number of aliphatic hydroxyl groups excluding tert-OH is 1. The third kappa shape index (κ3) is 5.62. The van der Waals surface area contributed by atoms with E-state index in [9.17, 15) is 0 Å². The summed E-state index contributed by atoms with van der Waals surface area (Å²) in [5.41, 5.74) is 5.36. The third-order valence-electron chi connectivity index (χ3n) is 6.78. The number of aliphatic hydroxyl groups is 1. The van der Waals surface area contributed by atoms with E-state index in [-0.39, 0.29) is 6.61 Å². The molecule has 0 bridgehead atoms. The third-order valence-corrected chi connectivity index (χ3v) is 6.78. The molecule has 0 aliphatic rings. The average molecular weight is 437 g/mol. The minimum atomic E-state index is -1.22. The summed E-state index contributed by atoms with van der Waals surface area (Å²) in [7, 11) is 6.21. The summed E-state index contributed by atoms with van der Waals surface area (Å²) in [6.45, 7) is 2.30. The molecule has 170 valence electrons. The van der Waals surface area contributed by atoms with E-state index in [4.69, 9.17) is 5.11 Å². The Bertz CT molecular complexity index is 914. The van der Waals surface area contributed by atoms with Gasteiger partial charge in [-0.3, -0.25) is 0 Å². The molecule has 4 aromatic rings. The van der Waals surface area contributed by atoms with Crippen molar-refractivity contribution in [3.63, 3.8) is 0 Å². The molecule has 0 spiro atoms. The molecule has 3 heteroatoms. The fraction of sp³-hybridized carbons (Fsp3) is 0.200. The maximum absolute atomic E-state index is 8.65. The van der Waals surface area contributed by atoms with Crippen LogP contribution in [0.4, 0.5) is 0 Å². The first-order chi connectivity index (χ1) is 15.9. The molecular formula is C30H36BNO. The zero-order valence-electron chi connectivity index (χ0n) is 20.3. The van der Waals surface area contributed by atoms with Crippen molar-refractivity contribution >= 4 is 28.0 Å². The average Bonchev–Trinajstić information content (AvgIpc) is 2.86. The topological polar surface area (TPSA) is 20.2 Å². The van der Waals surface area contributed by atoms with E-state index in [2.05, 4.69) is 142 Å². The molecule has 0 aliphatic carbocycles. The van der Waals surface area contributed by atoms with Crippen molar-refractivity contribution < 1.29 is 9.59 Å². The second kappa shape index (κ2) is 11.1. The molecule has 4 rings (SSSR count). The number of benzene rings is 4. The van der Waals surface area contributed by atoms with E-state index < -0.39 is 6.15 Å². The van der Waals surface area contributed by atoms with Crippen LogP contribution in [0.3, 0.4) is 0 Å². The molecule has 0 aromatic heterocycles. The molecule has 0 saturated heterocycles. The van der Waals surface area contributed by atoms with Gasteiger partial charge in [0.25, 0.3) is 0 Å². The number of hydrogen-bond donors (Lipinski definition) is 1. The smallest absolute Gasteiger partial charge is 0.109 e.